The molecule has 1 fully saturated rings. The van der Waals surface area contributed by atoms with Crippen LogP contribution in [0.25, 0.3) is 6.08 Å². The Morgan fingerprint density at radius 2 is 1.67 bits per heavy atom. The van der Waals surface area contributed by atoms with Gasteiger partial charge in [-0.2, -0.15) is 0 Å². The van der Waals surface area contributed by atoms with Gasteiger partial charge < -0.3 is 14.3 Å². The number of aromatic hydroxyl groups is 1. The highest BCUT2D eigenvalue weighted by Crippen LogP contribution is 2.41. The van der Waals surface area contributed by atoms with E-state index < -0.39 is 23.4 Å². The number of ether oxygens (including phenoxy) is 1. The summed E-state index contributed by atoms with van der Waals surface area (Å²) in [5.41, 5.74) is 3.69. The molecule has 2 aliphatic rings. The predicted octanol–water partition coefficient (Wildman–Crippen LogP) is 6.80. The lowest BCUT2D eigenvalue weighted by Gasteiger charge is -2.43. The van der Waals surface area contributed by atoms with Crippen molar-refractivity contribution >= 4 is 50.5 Å². The van der Waals surface area contributed by atoms with Gasteiger partial charge in [-0.25, -0.2) is 8.42 Å². The summed E-state index contributed by atoms with van der Waals surface area (Å²) in [7, 11) is -6.19. The number of fused-ring (bicyclic) bond motifs is 1. The van der Waals surface area contributed by atoms with Crippen molar-refractivity contribution in [3.05, 3.63) is 106 Å². The first-order chi connectivity index (χ1) is 20.5. The number of hydrogen-bond donors (Lipinski definition) is 1. The topological polar surface area (TPSA) is 72.8 Å². The fourth-order valence-corrected chi connectivity index (χ4v) is 13.5. The summed E-state index contributed by atoms with van der Waals surface area (Å²) in [5.74, 6) is 0.256. The molecule has 0 spiro atoms. The van der Waals surface area contributed by atoms with E-state index in [0.29, 0.717) is 6.42 Å². The van der Waals surface area contributed by atoms with Gasteiger partial charge in [0.2, 0.25) is 0 Å². The molecule has 2 atom stereocenters. The summed E-state index contributed by atoms with van der Waals surface area (Å²) in [6.45, 7) is 9.25. The first kappa shape index (κ1) is 31.9. The zero-order valence-electron chi connectivity index (χ0n) is 25.3. The second-order valence-corrected chi connectivity index (χ2v) is 19.9. The van der Waals surface area contributed by atoms with Gasteiger partial charge in [-0.3, -0.25) is 0 Å². The fraction of sp³-hybridized carbons (Fsp3) is 0.371. The molecule has 43 heavy (non-hydrogen) atoms. The molecule has 1 saturated heterocycles. The predicted molar refractivity (Wildman–Crippen MR) is 181 cm³/mol. The molecule has 8 heteroatoms. The molecule has 5 nitrogen and oxygen atoms in total. The van der Waals surface area contributed by atoms with Crippen LogP contribution in [0, 0.1) is 0 Å². The van der Waals surface area contributed by atoms with Crippen molar-refractivity contribution in [3.63, 3.8) is 0 Å². The third-order valence-corrected chi connectivity index (χ3v) is 16.3. The van der Waals surface area contributed by atoms with Crippen LogP contribution in [0.4, 0.5) is 0 Å². The standard InChI is InChI=1S/C35H41BrO5SSi/c1-5-25(20-26-21-28(36)17-18-31(26)37)16-19-32-34-27(24-42(38,39)33(34)23-40-32)22-41-43(35(2,3)4,29-12-8-6-9-13-29)30-14-10-7-11-15-30/h6-15,17-18,20-21,32-33,37H,5,16,19,22-24H2,1-4H3/b25-20+/t32-,33+/m1/s1. The first-order valence-electron chi connectivity index (χ1n) is 14.9. The van der Waals surface area contributed by atoms with Crippen molar-refractivity contribution in [3.8, 4) is 5.75 Å². The molecule has 3 aromatic rings. The zero-order chi connectivity index (χ0) is 30.8. The van der Waals surface area contributed by atoms with Crippen molar-refractivity contribution in [1.29, 1.82) is 0 Å². The van der Waals surface area contributed by atoms with Crippen LogP contribution in [-0.2, 0) is 19.0 Å². The minimum absolute atomic E-state index is 0.0213. The highest BCUT2D eigenvalue weighted by atomic mass is 79.9. The van der Waals surface area contributed by atoms with Crippen LogP contribution in [0.3, 0.4) is 0 Å². The molecule has 228 valence electrons. The number of sulfone groups is 1. The molecule has 0 bridgehead atoms. The van der Waals surface area contributed by atoms with E-state index in [9.17, 15) is 13.5 Å². The van der Waals surface area contributed by atoms with Gasteiger partial charge in [0, 0.05) is 10.0 Å². The average molecular weight is 682 g/mol. The van der Waals surface area contributed by atoms with E-state index >= 15 is 0 Å². The van der Waals surface area contributed by atoms with Crippen LogP contribution in [0.1, 0.15) is 52.5 Å². The maximum absolute atomic E-state index is 13.4. The third-order valence-electron chi connectivity index (χ3n) is 8.77. The van der Waals surface area contributed by atoms with E-state index in [1.54, 1.807) is 6.07 Å². The lowest BCUT2D eigenvalue weighted by atomic mass is 9.96. The maximum atomic E-state index is 13.4. The average Bonchev–Trinajstić information content (AvgIpc) is 3.52. The number of allylic oxidation sites excluding steroid dienone is 1. The van der Waals surface area contributed by atoms with Gasteiger partial charge >= 0.3 is 0 Å². The second kappa shape index (κ2) is 12.9. The van der Waals surface area contributed by atoms with Gasteiger partial charge in [-0.1, -0.05) is 116 Å². The summed E-state index contributed by atoms with van der Waals surface area (Å²) < 4.78 is 41.0. The van der Waals surface area contributed by atoms with Gasteiger partial charge in [-0.15, -0.1) is 0 Å². The van der Waals surface area contributed by atoms with Crippen LogP contribution < -0.4 is 10.4 Å². The quantitative estimate of drug-likeness (QED) is 0.188. The Hall–Kier alpha value is -2.49. The molecular formula is C35H41BrO5SSi. The van der Waals surface area contributed by atoms with Gasteiger partial charge in [0.05, 0.1) is 25.1 Å². The number of rotatable bonds is 10. The van der Waals surface area contributed by atoms with Gasteiger partial charge in [-0.05, 0) is 64.0 Å². The monoisotopic (exact) mass is 680 g/mol. The summed E-state index contributed by atoms with van der Waals surface area (Å²) in [4.78, 5) is 0. The van der Waals surface area contributed by atoms with Gasteiger partial charge in [0.25, 0.3) is 8.32 Å². The van der Waals surface area contributed by atoms with Crippen molar-refractivity contribution in [2.24, 2.45) is 0 Å². The minimum atomic E-state index is -3.36. The molecule has 2 heterocycles. The molecule has 0 aromatic heterocycles. The maximum Gasteiger partial charge on any atom is 0.261 e. The second-order valence-electron chi connectivity index (χ2n) is 12.5. The summed E-state index contributed by atoms with van der Waals surface area (Å²) in [6.07, 6.45) is 4.00. The molecule has 1 N–H and O–H groups in total. The smallest absolute Gasteiger partial charge is 0.261 e. The van der Waals surface area contributed by atoms with E-state index in [1.165, 1.54) is 15.9 Å². The Bertz CT molecular complexity index is 1570. The Morgan fingerprint density at radius 1 is 1.05 bits per heavy atom. The molecule has 0 saturated carbocycles. The summed E-state index contributed by atoms with van der Waals surface area (Å²) in [6, 6.07) is 26.3. The first-order valence-corrected chi connectivity index (χ1v) is 19.4. The summed E-state index contributed by atoms with van der Waals surface area (Å²) >= 11 is 3.49. The van der Waals surface area contributed by atoms with Gasteiger partial charge in [0.15, 0.2) is 9.84 Å². The van der Waals surface area contributed by atoms with E-state index in [2.05, 4.69) is 92.2 Å². The van der Waals surface area contributed by atoms with Crippen LogP contribution in [-0.4, -0.2) is 52.2 Å². The van der Waals surface area contributed by atoms with Crippen molar-refractivity contribution in [2.45, 2.75) is 63.3 Å². The number of benzene rings is 3. The van der Waals surface area contributed by atoms with Crippen molar-refractivity contribution in [1.82, 2.24) is 0 Å². The van der Waals surface area contributed by atoms with Crippen molar-refractivity contribution in [2.75, 3.05) is 19.0 Å². The lowest BCUT2D eigenvalue weighted by molar-refractivity contribution is 0.117. The third kappa shape index (κ3) is 6.49. The van der Waals surface area contributed by atoms with E-state index in [-0.39, 0.29) is 35.9 Å². The Kier molecular flexibility index (Phi) is 9.54. The van der Waals surface area contributed by atoms with Crippen LogP contribution >= 0.6 is 15.9 Å². The Morgan fingerprint density at radius 3 is 2.26 bits per heavy atom. The number of phenols is 1. The van der Waals surface area contributed by atoms with Crippen LogP contribution in [0.2, 0.25) is 5.04 Å². The lowest BCUT2D eigenvalue weighted by Crippen LogP contribution is -2.66. The molecule has 2 aliphatic heterocycles. The summed E-state index contributed by atoms with van der Waals surface area (Å²) in [5, 5.41) is 11.9. The molecule has 3 aromatic carbocycles. The largest absolute Gasteiger partial charge is 0.507 e. The van der Waals surface area contributed by atoms with Crippen LogP contribution in [0.15, 0.2) is 100 Å². The van der Waals surface area contributed by atoms with Crippen molar-refractivity contribution < 1.29 is 22.7 Å². The number of halogens is 1. The number of phenolic OH excluding ortho intramolecular Hbond substituents is 1. The molecule has 0 radical (unpaired) electrons. The number of hydrogen-bond acceptors (Lipinski definition) is 5. The van der Waals surface area contributed by atoms with Gasteiger partial charge in [0.1, 0.15) is 11.0 Å². The molecule has 0 amide bonds. The zero-order valence-corrected chi connectivity index (χ0v) is 28.7. The van der Waals surface area contributed by atoms with E-state index in [0.717, 1.165) is 34.0 Å². The minimum Gasteiger partial charge on any atom is -0.507 e. The molecular weight excluding hydrogens is 640 g/mol. The highest BCUT2D eigenvalue weighted by molar-refractivity contribution is 9.10. The Balaban J connectivity index is 1.46. The molecule has 0 aliphatic carbocycles. The fourth-order valence-electron chi connectivity index (χ4n) is 6.62. The van der Waals surface area contributed by atoms with E-state index in [4.69, 9.17) is 9.16 Å². The SMILES string of the molecule is CC/C(=C\c1cc(Br)ccc1O)CC[C@H]1OC[C@H]2C1=C(CO[Si](c1ccccc1)(c1ccccc1)C(C)(C)C)CS2(=O)=O. The Labute approximate surface area is 265 Å². The van der Waals surface area contributed by atoms with Crippen LogP contribution in [0.5, 0.6) is 5.75 Å². The van der Waals surface area contributed by atoms with E-state index in [1.807, 2.05) is 30.3 Å². The molecule has 0 unspecified atom stereocenters. The molecule has 5 rings (SSSR count). The highest BCUT2D eigenvalue weighted by Gasteiger charge is 2.52. The normalized spacial score (nSPS) is 20.4.